The van der Waals surface area contributed by atoms with Crippen LogP contribution in [0.2, 0.25) is 0 Å². The first-order valence-electron chi connectivity index (χ1n) is 26.3. The predicted molar refractivity (Wildman–Crippen MR) is 307 cm³/mol. The van der Waals surface area contributed by atoms with Crippen LogP contribution in [0.1, 0.15) is 75.6 Å². The molecule has 0 radical (unpaired) electrons. The van der Waals surface area contributed by atoms with Crippen molar-refractivity contribution in [2.75, 3.05) is 13.2 Å². The van der Waals surface area contributed by atoms with Crippen molar-refractivity contribution in [3.05, 3.63) is 144 Å². The molecule has 6 rings (SSSR count). The molecule has 0 saturated carbocycles. The van der Waals surface area contributed by atoms with Crippen LogP contribution in [0.5, 0.6) is 0 Å². The van der Waals surface area contributed by atoms with Crippen molar-refractivity contribution in [1.29, 1.82) is 0 Å². The van der Waals surface area contributed by atoms with E-state index in [2.05, 4.69) is 142 Å². The predicted octanol–water partition coefficient (Wildman–Crippen LogP) is 8.34. The van der Waals surface area contributed by atoms with E-state index in [1.165, 1.54) is 0 Å². The Bertz CT molecular complexity index is 3360. The van der Waals surface area contributed by atoms with Crippen LogP contribution in [0.4, 0.5) is 0 Å². The maximum atomic E-state index is 13.8. The number of nitrogens with one attached hydrogen (secondary N) is 1. The molecule has 1 amide bonds. The summed E-state index contributed by atoms with van der Waals surface area (Å²) in [7, 11) is 0. The monoisotopic (exact) mass is 1060 g/mol. The van der Waals surface area contributed by atoms with Gasteiger partial charge in [-0.1, -0.05) is 153 Å². The molecule has 80 heavy (non-hydrogen) atoms. The highest BCUT2D eigenvalue weighted by atomic mass is 16.8. The van der Waals surface area contributed by atoms with Gasteiger partial charge in [-0.25, -0.2) is 0 Å². The fourth-order valence-corrected chi connectivity index (χ4v) is 8.24. The minimum absolute atomic E-state index is 0.0925. The second kappa shape index (κ2) is 35.6. The van der Waals surface area contributed by atoms with Gasteiger partial charge in [0, 0.05) is 29.6 Å². The highest BCUT2D eigenvalue weighted by Gasteiger charge is 2.51. The maximum Gasteiger partial charge on any atom is 0.297 e. The molecule has 1 N–H and O–H groups in total. The van der Waals surface area contributed by atoms with Gasteiger partial charge in [0.1, 0.15) is 30.5 Å². The Morgan fingerprint density at radius 2 is 0.938 bits per heavy atom. The normalized spacial score (nSPS) is 19.0. The molecule has 10 heteroatoms. The molecule has 10 nitrogen and oxygen atoms in total. The van der Waals surface area contributed by atoms with Gasteiger partial charge in [0.2, 0.25) is 0 Å². The Hall–Kier alpha value is -8.81. The van der Waals surface area contributed by atoms with Crippen molar-refractivity contribution in [2.45, 2.75) is 135 Å². The van der Waals surface area contributed by atoms with E-state index >= 15 is 0 Å². The first-order valence-corrected chi connectivity index (χ1v) is 26.3. The van der Waals surface area contributed by atoms with Crippen molar-refractivity contribution in [1.82, 2.24) is 5.32 Å². The summed E-state index contributed by atoms with van der Waals surface area (Å²) in [6.45, 7) is 8.66. The van der Waals surface area contributed by atoms with Crippen LogP contribution < -0.4 is 5.32 Å². The summed E-state index contributed by atoms with van der Waals surface area (Å²) in [6.07, 6.45) is -1.44. The highest BCUT2D eigenvalue weighted by Crippen LogP contribution is 2.35. The third-order valence-electron chi connectivity index (χ3n) is 11.8. The molecule has 2 saturated heterocycles. The zero-order chi connectivity index (χ0) is 56.1. The van der Waals surface area contributed by atoms with Gasteiger partial charge in [-0.3, -0.25) is 4.79 Å². The number of benzene rings is 4. The van der Waals surface area contributed by atoms with E-state index in [0.29, 0.717) is 13.0 Å². The van der Waals surface area contributed by atoms with Crippen LogP contribution in [0.25, 0.3) is 0 Å². The second-order valence-electron chi connectivity index (χ2n) is 18.2. The Balaban J connectivity index is 1.24. The van der Waals surface area contributed by atoms with E-state index < -0.39 is 54.5 Å². The molecule has 0 aromatic heterocycles. The molecule has 0 spiro atoms. The summed E-state index contributed by atoms with van der Waals surface area (Å²) < 4.78 is 54.1. The Kier molecular flexibility index (Phi) is 26.9. The van der Waals surface area contributed by atoms with E-state index in [0.717, 1.165) is 41.5 Å². The van der Waals surface area contributed by atoms with Crippen LogP contribution >= 0.6 is 0 Å². The number of amides is 1. The molecule has 2 heterocycles. The van der Waals surface area contributed by atoms with E-state index in [-0.39, 0.29) is 39.1 Å². The Labute approximate surface area is 473 Å². The molecule has 2 fully saturated rings. The summed E-state index contributed by atoms with van der Waals surface area (Å²) in [6, 6.07) is 38.9. The lowest BCUT2D eigenvalue weighted by atomic mass is 9.97. The zero-order valence-corrected chi connectivity index (χ0v) is 45.4. The lowest BCUT2D eigenvalue weighted by molar-refractivity contribution is -0.329. The van der Waals surface area contributed by atoms with Gasteiger partial charge in [-0.15, -0.1) is 0 Å². The number of ether oxygens (including phenoxy) is 8. The van der Waals surface area contributed by atoms with Crippen LogP contribution in [0.3, 0.4) is 0 Å². The number of unbranched alkanes of at least 4 members (excludes halogenated alkanes) is 2. The molecule has 2 aliphatic heterocycles. The average Bonchev–Trinajstić information content (AvgIpc) is 3.81. The Morgan fingerprint density at radius 1 is 0.512 bits per heavy atom. The first-order chi connectivity index (χ1) is 39.3. The van der Waals surface area contributed by atoms with E-state index in [1.807, 2.05) is 135 Å². The third kappa shape index (κ3) is 22.6. The molecular formula is C70H61NO9. The van der Waals surface area contributed by atoms with Crippen molar-refractivity contribution in [2.24, 2.45) is 0 Å². The minimum atomic E-state index is -1.06. The maximum absolute atomic E-state index is 13.8. The third-order valence-corrected chi connectivity index (χ3v) is 11.8. The summed E-state index contributed by atoms with van der Waals surface area (Å²) in [5, 5.41) is 3.06. The van der Waals surface area contributed by atoms with E-state index in [1.54, 1.807) is 6.92 Å². The molecule has 2 aliphatic rings. The summed E-state index contributed by atoms with van der Waals surface area (Å²) in [4.78, 5) is 13.8. The lowest BCUT2D eigenvalue weighted by Crippen LogP contribution is -2.62. The van der Waals surface area contributed by atoms with Crippen molar-refractivity contribution < 1.29 is 42.7 Å². The summed E-state index contributed by atoms with van der Waals surface area (Å²) in [5.41, 5.74) is 3.88. The Morgan fingerprint density at radius 3 is 1.40 bits per heavy atom. The minimum Gasteiger partial charge on any atom is -0.374 e. The van der Waals surface area contributed by atoms with Crippen molar-refractivity contribution >= 4 is 5.91 Å². The number of rotatable bonds is 22. The molecule has 0 bridgehead atoms. The number of hydrogen-bond donors (Lipinski definition) is 1. The molecule has 8 atom stereocenters. The SMILES string of the molecule is CC#CC#CC#CC#CC#CC#CC#CC#CC#CC#CC#CC(=O)N[C@@H](COC1OC(COCc2ccccc2)C(OCc2ccccc2)C(OCc2ccccc2)C1OCc1ccccc1)[C@@H]1OC(C)(C)O[C@@H]1CCCCC. The van der Waals surface area contributed by atoms with Crippen LogP contribution in [-0.4, -0.2) is 73.9 Å². The quantitative estimate of drug-likeness (QED) is 0.0615. The fraction of sp³-hybridized carbons (Fsp3) is 0.329. The largest absolute Gasteiger partial charge is 0.374 e. The summed E-state index contributed by atoms with van der Waals surface area (Å²) >= 11 is 0. The standard InChI is InChI=1S/C70H61NO9/c1-5-7-9-10-11-12-13-14-15-16-17-18-19-20-21-22-23-24-25-26-40-50-64(72)71-61(65-62(49-31-8-6-2)79-70(3,4)80-65)55-77-69-68(76-54-60-47-38-30-39-48-60)67(75-53-59-45-36-29-37-46-59)66(74-52-58-43-34-28-35-44-58)63(78-69)56-73-51-57-41-32-27-33-42-57/h27-30,32-39,41-48,61-63,65-69H,6,8,31,49,51-56H2,1-4H3,(H,71,72)/t61-,62+,63?,65-,66?,67?,68?,69?/m0/s1. The van der Waals surface area contributed by atoms with Crippen LogP contribution in [-0.2, 0) is 69.1 Å². The van der Waals surface area contributed by atoms with Crippen molar-refractivity contribution in [3.63, 3.8) is 0 Å². The molecular weight excluding hydrogens is 999 g/mol. The van der Waals surface area contributed by atoms with Gasteiger partial charge < -0.3 is 43.2 Å². The van der Waals surface area contributed by atoms with Crippen molar-refractivity contribution in [3.8, 4) is 130 Å². The van der Waals surface area contributed by atoms with E-state index in [4.69, 9.17) is 37.9 Å². The number of hydrogen-bond acceptors (Lipinski definition) is 9. The second-order valence-corrected chi connectivity index (χ2v) is 18.2. The number of carbonyl (C=O) groups excluding carboxylic acids is 1. The fourth-order valence-electron chi connectivity index (χ4n) is 8.24. The molecule has 4 aromatic rings. The summed E-state index contributed by atoms with van der Waals surface area (Å²) in [5.74, 6) is 54.9. The topological polar surface area (TPSA) is 103 Å². The van der Waals surface area contributed by atoms with Gasteiger partial charge in [0.15, 0.2) is 12.1 Å². The smallest absolute Gasteiger partial charge is 0.297 e. The van der Waals surface area contributed by atoms with Gasteiger partial charge in [0.25, 0.3) is 5.91 Å². The molecule has 4 aromatic carbocycles. The average molecular weight is 1060 g/mol. The van der Waals surface area contributed by atoms with E-state index in [9.17, 15) is 4.79 Å². The molecule has 400 valence electrons. The number of carbonyl (C=O) groups is 1. The van der Waals surface area contributed by atoms with Crippen LogP contribution in [0.15, 0.2) is 121 Å². The van der Waals surface area contributed by atoms with Gasteiger partial charge in [0.05, 0.1) is 51.8 Å². The lowest BCUT2D eigenvalue weighted by Gasteiger charge is -2.46. The zero-order valence-electron chi connectivity index (χ0n) is 45.4. The van der Waals surface area contributed by atoms with Gasteiger partial charge in [-0.05, 0) is 144 Å². The van der Waals surface area contributed by atoms with Crippen LogP contribution in [0, 0.1) is 130 Å². The van der Waals surface area contributed by atoms with Gasteiger partial charge >= 0.3 is 0 Å². The highest BCUT2D eigenvalue weighted by molar-refractivity contribution is 5.94. The first kappa shape index (κ1) is 60.4. The molecule has 5 unspecified atom stereocenters. The molecule has 0 aliphatic carbocycles. The van der Waals surface area contributed by atoms with Gasteiger partial charge in [-0.2, -0.15) is 0 Å².